The van der Waals surface area contributed by atoms with Crippen molar-refractivity contribution in [3.05, 3.63) is 49.6 Å². The van der Waals surface area contributed by atoms with E-state index < -0.39 is 0 Å². The summed E-state index contributed by atoms with van der Waals surface area (Å²) in [5, 5.41) is 3.47. The molecule has 0 aliphatic heterocycles. The number of nitrogens with one attached hydrogen (secondary N) is 1. The van der Waals surface area contributed by atoms with Crippen LogP contribution in [0, 0.1) is 0 Å². The smallest absolute Gasteiger partial charge is 0.0931 e. The summed E-state index contributed by atoms with van der Waals surface area (Å²) in [7, 11) is 2.12. The first-order chi connectivity index (χ1) is 10.1. The summed E-state index contributed by atoms with van der Waals surface area (Å²) in [6, 6.07) is 10.5. The van der Waals surface area contributed by atoms with Crippen LogP contribution in [0.4, 0.5) is 5.69 Å². The molecule has 5 heteroatoms. The number of halogens is 2. The highest BCUT2D eigenvalue weighted by Crippen LogP contribution is 2.28. The molecule has 1 N–H and O–H groups in total. The van der Waals surface area contributed by atoms with Gasteiger partial charge in [0.25, 0.3) is 0 Å². The number of rotatable bonds is 7. The molecule has 1 heterocycles. The van der Waals surface area contributed by atoms with Gasteiger partial charge in [-0.25, -0.2) is 0 Å². The molecule has 0 bridgehead atoms. The van der Waals surface area contributed by atoms with E-state index >= 15 is 0 Å². The second-order valence-electron chi connectivity index (χ2n) is 5.01. The van der Waals surface area contributed by atoms with E-state index in [0.717, 1.165) is 34.9 Å². The molecule has 0 aliphatic carbocycles. The van der Waals surface area contributed by atoms with Crippen molar-refractivity contribution in [2.75, 3.05) is 18.5 Å². The van der Waals surface area contributed by atoms with Crippen LogP contribution in [0.1, 0.15) is 23.8 Å². The van der Waals surface area contributed by atoms with Gasteiger partial charge < -0.3 is 10.2 Å². The van der Waals surface area contributed by atoms with Crippen molar-refractivity contribution < 1.29 is 0 Å². The Hall–Kier alpha value is -0.550. The lowest BCUT2D eigenvalue weighted by Gasteiger charge is -2.22. The minimum atomic E-state index is 0.845. The van der Waals surface area contributed by atoms with Crippen LogP contribution in [0.25, 0.3) is 0 Å². The summed E-state index contributed by atoms with van der Waals surface area (Å²) < 4.78 is 1.95. The minimum Gasteiger partial charge on any atom is -0.369 e. The fourth-order valence-electron chi connectivity index (χ4n) is 2.20. The zero-order valence-electron chi connectivity index (χ0n) is 12.3. The Labute approximate surface area is 144 Å². The predicted molar refractivity (Wildman–Crippen MR) is 97.6 cm³/mol. The van der Waals surface area contributed by atoms with Crippen molar-refractivity contribution in [1.82, 2.24) is 5.32 Å². The van der Waals surface area contributed by atoms with Crippen molar-refractivity contribution >= 4 is 44.6 Å². The Morgan fingerprint density at radius 1 is 1.29 bits per heavy atom. The molecule has 0 spiro atoms. The highest BCUT2D eigenvalue weighted by atomic mass is 79.9. The van der Waals surface area contributed by atoms with E-state index in [1.165, 1.54) is 16.1 Å². The van der Waals surface area contributed by atoms with Gasteiger partial charge in [-0.15, -0.1) is 11.3 Å². The number of hydrogen-bond donors (Lipinski definition) is 1. The maximum Gasteiger partial charge on any atom is 0.0931 e. The monoisotopic (exact) mass is 386 g/mol. The summed E-state index contributed by atoms with van der Waals surface area (Å²) >= 11 is 11.2. The summed E-state index contributed by atoms with van der Waals surface area (Å²) in [6.45, 7) is 4.99. The van der Waals surface area contributed by atoms with E-state index in [2.05, 4.69) is 64.4 Å². The lowest BCUT2D eigenvalue weighted by atomic mass is 10.1. The van der Waals surface area contributed by atoms with E-state index in [-0.39, 0.29) is 0 Å². The molecule has 0 amide bonds. The quantitative estimate of drug-likeness (QED) is 0.648. The summed E-state index contributed by atoms with van der Waals surface area (Å²) in [5.74, 6) is 0. The van der Waals surface area contributed by atoms with Gasteiger partial charge in [0, 0.05) is 28.6 Å². The highest BCUT2D eigenvalue weighted by Gasteiger charge is 2.10. The van der Waals surface area contributed by atoms with Crippen molar-refractivity contribution in [2.45, 2.75) is 26.4 Å². The third kappa shape index (κ3) is 4.99. The van der Waals surface area contributed by atoms with Crippen molar-refractivity contribution in [3.63, 3.8) is 0 Å². The number of hydrogen-bond acceptors (Lipinski definition) is 3. The van der Waals surface area contributed by atoms with Crippen LogP contribution in [0.2, 0.25) is 4.34 Å². The SMILES string of the molecule is CCCNCc1ccc(Br)cc1N(C)Cc1ccc(Cl)s1. The van der Waals surface area contributed by atoms with Gasteiger partial charge in [0.1, 0.15) is 0 Å². The molecule has 0 radical (unpaired) electrons. The molecule has 0 saturated carbocycles. The van der Waals surface area contributed by atoms with Crippen LogP contribution in [-0.4, -0.2) is 13.6 Å². The summed E-state index contributed by atoms with van der Waals surface area (Å²) in [6.07, 6.45) is 1.15. The first-order valence-corrected chi connectivity index (χ1v) is 9.03. The fourth-order valence-corrected chi connectivity index (χ4v) is 3.69. The molecule has 2 aromatic rings. The minimum absolute atomic E-state index is 0.845. The van der Waals surface area contributed by atoms with E-state index in [0.29, 0.717) is 0 Å². The highest BCUT2D eigenvalue weighted by molar-refractivity contribution is 9.10. The average molecular weight is 388 g/mol. The van der Waals surface area contributed by atoms with Crippen LogP contribution < -0.4 is 10.2 Å². The van der Waals surface area contributed by atoms with E-state index in [1.54, 1.807) is 11.3 Å². The van der Waals surface area contributed by atoms with Crippen LogP contribution in [-0.2, 0) is 13.1 Å². The number of benzene rings is 1. The van der Waals surface area contributed by atoms with Crippen LogP contribution in [0.5, 0.6) is 0 Å². The first kappa shape index (κ1) is 16.8. The van der Waals surface area contributed by atoms with Gasteiger partial charge in [-0.1, -0.05) is 40.5 Å². The van der Waals surface area contributed by atoms with Crippen LogP contribution in [0.15, 0.2) is 34.8 Å². The Morgan fingerprint density at radius 2 is 2.10 bits per heavy atom. The number of thiophene rings is 1. The summed E-state index contributed by atoms with van der Waals surface area (Å²) in [5.41, 5.74) is 2.56. The van der Waals surface area contributed by atoms with Gasteiger partial charge in [0.05, 0.1) is 10.9 Å². The second-order valence-corrected chi connectivity index (χ2v) is 7.73. The first-order valence-electron chi connectivity index (χ1n) is 7.04. The molecule has 0 aliphatic rings. The Kier molecular flexibility index (Phi) is 6.55. The lowest BCUT2D eigenvalue weighted by molar-refractivity contribution is 0.674. The molecule has 0 atom stereocenters. The topological polar surface area (TPSA) is 15.3 Å². The zero-order chi connectivity index (χ0) is 15.2. The summed E-state index contributed by atoms with van der Waals surface area (Å²) in [4.78, 5) is 3.55. The van der Waals surface area contributed by atoms with Gasteiger partial charge in [0.15, 0.2) is 0 Å². The third-order valence-electron chi connectivity index (χ3n) is 3.22. The molecule has 1 aromatic carbocycles. The molecule has 1 aromatic heterocycles. The molecule has 114 valence electrons. The van der Waals surface area contributed by atoms with Gasteiger partial charge in [0.2, 0.25) is 0 Å². The molecule has 21 heavy (non-hydrogen) atoms. The predicted octanol–water partition coefficient (Wildman–Crippen LogP) is 5.30. The van der Waals surface area contributed by atoms with Crippen molar-refractivity contribution in [1.29, 1.82) is 0 Å². The molecular formula is C16H20BrClN2S. The Morgan fingerprint density at radius 3 is 2.76 bits per heavy atom. The molecule has 0 unspecified atom stereocenters. The van der Waals surface area contributed by atoms with Gasteiger partial charge in [-0.2, -0.15) is 0 Å². The second kappa shape index (κ2) is 8.18. The van der Waals surface area contributed by atoms with Crippen LogP contribution in [0.3, 0.4) is 0 Å². The maximum atomic E-state index is 6.01. The standard InChI is InChI=1S/C16H20BrClN2S/c1-3-8-19-10-12-4-5-13(17)9-15(12)20(2)11-14-6-7-16(18)21-14/h4-7,9,19H,3,8,10-11H2,1-2H3. The molecule has 0 fully saturated rings. The fraction of sp³-hybridized carbons (Fsp3) is 0.375. The van der Waals surface area contributed by atoms with E-state index in [9.17, 15) is 0 Å². The Bertz CT molecular complexity index is 585. The lowest BCUT2D eigenvalue weighted by Crippen LogP contribution is -2.20. The zero-order valence-corrected chi connectivity index (χ0v) is 15.5. The molecule has 2 nitrogen and oxygen atoms in total. The van der Waals surface area contributed by atoms with Gasteiger partial charge in [-0.3, -0.25) is 0 Å². The number of anilines is 1. The van der Waals surface area contributed by atoms with Gasteiger partial charge >= 0.3 is 0 Å². The van der Waals surface area contributed by atoms with Crippen LogP contribution >= 0.6 is 38.9 Å². The van der Waals surface area contributed by atoms with Crippen molar-refractivity contribution in [2.24, 2.45) is 0 Å². The number of nitrogens with zero attached hydrogens (tertiary/aromatic N) is 1. The maximum absolute atomic E-state index is 6.01. The van der Waals surface area contributed by atoms with E-state index in [4.69, 9.17) is 11.6 Å². The average Bonchev–Trinajstić information content (AvgIpc) is 2.86. The van der Waals surface area contributed by atoms with Crippen molar-refractivity contribution in [3.8, 4) is 0 Å². The largest absolute Gasteiger partial charge is 0.369 e. The van der Waals surface area contributed by atoms with E-state index in [1.807, 2.05) is 6.07 Å². The normalized spacial score (nSPS) is 10.9. The molecule has 0 saturated heterocycles. The third-order valence-corrected chi connectivity index (χ3v) is 4.93. The molecule has 2 rings (SSSR count). The van der Waals surface area contributed by atoms with Gasteiger partial charge in [-0.05, 0) is 42.8 Å². The Balaban J connectivity index is 2.13. The molecular weight excluding hydrogens is 368 g/mol.